The highest BCUT2D eigenvalue weighted by Gasteiger charge is 2.55. The van der Waals surface area contributed by atoms with E-state index in [1.54, 1.807) is 27.0 Å². The van der Waals surface area contributed by atoms with Crippen LogP contribution in [0.5, 0.6) is 0 Å². The Morgan fingerprint density at radius 2 is 2.07 bits per heavy atom. The molecule has 150 valence electrons. The third-order valence-corrected chi connectivity index (χ3v) is 5.76. The van der Waals surface area contributed by atoms with Crippen LogP contribution in [0.4, 0.5) is 0 Å². The van der Waals surface area contributed by atoms with Crippen LogP contribution in [0.15, 0.2) is 16.3 Å². The summed E-state index contributed by atoms with van der Waals surface area (Å²) in [5.74, 6) is -0.978. The summed E-state index contributed by atoms with van der Waals surface area (Å²) in [7, 11) is 1.45. The first kappa shape index (κ1) is 21.6. The highest BCUT2D eigenvalue weighted by Crippen LogP contribution is 2.44. The maximum Gasteiger partial charge on any atom is 0.355 e. The van der Waals surface area contributed by atoms with Crippen molar-refractivity contribution >= 4 is 47.8 Å². The molecule has 3 atom stereocenters. The van der Waals surface area contributed by atoms with Crippen LogP contribution < -0.4 is 0 Å². The fraction of sp³-hybridized carbons (Fsp3) is 0.647. The lowest BCUT2D eigenvalue weighted by atomic mass is 10.0. The van der Waals surface area contributed by atoms with Gasteiger partial charge in [-0.3, -0.25) is 14.5 Å². The summed E-state index contributed by atoms with van der Waals surface area (Å²) < 4.78 is 15.7. The molecule has 1 unspecified atom stereocenters. The van der Waals surface area contributed by atoms with Crippen LogP contribution in [0, 0.1) is 0 Å². The van der Waals surface area contributed by atoms with Gasteiger partial charge in [0.25, 0.3) is 5.91 Å². The summed E-state index contributed by atoms with van der Waals surface area (Å²) >= 11 is 2.74. The molecule has 2 heterocycles. The van der Waals surface area contributed by atoms with Gasteiger partial charge in [0.1, 0.15) is 16.7 Å². The molecule has 0 aliphatic carbocycles. The Kier molecular flexibility index (Phi) is 6.85. The summed E-state index contributed by atoms with van der Waals surface area (Å²) in [5.41, 5.74) is -0.709. The normalized spacial score (nSPS) is 23.6. The molecular formula is C17H24N2O6S2. The number of thioether (sulfide) groups is 2. The van der Waals surface area contributed by atoms with Crippen LogP contribution in [-0.2, 0) is 28.6 Å². The number of aliphatic imine (C=N–C) groups is 1. The molecule has 1 fully saturated rings. The summed E-state index contributed by atoms with van der Waals surface area (Å²) in [6, 6.07) is -0.615. The second-order valence-corrected chi connectivity index (χ2v) is 8.90. The summed E-state index contributed by atoms with van der Waals surface area (Å²) in [6.45, 7) is 6.56. The zero-order valence-corrected chi connectivity index (χ0v) is 17.8. The number of hydrogen-bond donors (Lipinski definition) is 0. The molecule has 27 heavy (non-hydrogen) atoms. The number of fused-ring (bicyclic) bond motifs is 1. The van der Waals surface area contributed by atoms with Gasteiger partial charge in [-0.05, 0) is 27.0 Å². The maximum atomic E-state index is 12.9. The van der Waals surface area contributed by atoms with Gasteiger partial charge < -0.3 is 14.2 Å². The first-order valence-electron chi connectivity index (χ1n) is 8.26. The molecule has 10 heteroatoms. The zero-order valence-electron chi connectivity index (χ0n) is 16.2. The van der Waals surface area contributed by atoms with E-state index >= 15 is 0 Å². The fourth-order valence-electron chi connectivity index (χ4n) is 2.66. The van der Waals surface area contributed by atoms with Gasteiger partial charge in [0.15, 0.2) is 17.9 Å². The second-order valence-electron chi connectivity index (χ2n) is 6.90. The van der Waals surface area contributed by atoms with Crippen LogP contribution in [0.3, 0.4) is 0 Å². The number of esters is 2. The van der Waals surface area contributed by atoms with Gasteiger partial charge in [-0.15, -0.1) is 23.5 Å². The van der Waals surface area contributed by atoms with E-state index in [2.05, 4.69) is 4.99 Å². The molecule has 1 saturated heterocycles. The molecule has 0 bridgehead atoms. The molecular weight excluding hydrogens is 392 g/mol. The third-order valence-electron chi connectivity index (χ3n) is 3.66. The van der Waals surface area contributed by atoms with Gasteiger partial charge in [-0.25, -0.2) is 9.79 Å². The van der Waals surface area contributed by atoms with Crippen molar-refractivity contribution in [3.05, 3.63) is 11.3 Å². The second kappa shape index (κ2) is 8.55. The lowest BCUT2D eigenvalue weighted by Crippen LogP contribution is -2.64. The van der Waals surface area contributed by atoms with Crippen LogP contribution in [0.25, 0.3) is 0 Å². The average Bonchev–Trinajstić information content (AvgIpc) is 2.57. The highest BCUT2D eigenvalue weighted by atomic mass is 32.2. The smallest absolute Gasteiger partial charge is 0.355 e. The number of amides is 1. The fourth-order valence-corrected chi connectivity index (χ4v) is 4.84. The van der Waals surface area contributed by atoms with Crippen molar-refractivity contribution in [1.29, 1.82) is 0 Å². The number of β-lactam (4-membered cyclic amide) rings is 1. The predicted octanol–water partition coefficient (Wildman–Crippen LogP) is 1.79. The summed E-state index contributed by atoms with van der Waals surface area (Å²) in [5, 5.41) is -0.324. The van der Waals surface area contributed by atoms with Gasteiger partial charge in [-0.1, -0.05) is 0 Å². The molecule has 2 aliphatic heterocycles. The molecule has 8 nitrogen and oxygen atoms in total. The Hall–Kier alpha value is -1.68. The largest absolute Gasteiger partial charge is 0.487 e. The Morgan fingerprint density at radius 3 is 2.59 bits per heavy atom. The van der Waals surface area contributed by atoms with E-state index in [9.17, 15) is 14.4 Å². The predicted molar refractivity (Wildman–Crippen MR) is 104 cm³/mol. The van der Waals surface area contributed by atoms with Crippen LogP contribution >= 0.6 is 23.5 Å². The van der Waals surface area contributed by atoms with Gasteiger partial charge in [0.2, 0.25) is 0 Å². The quantitative estimate of drug-likeness (QED) is 0.213. The summed E-state index contributed by atoms with van der Waals surface area (Å²) in [6.07, 6.45) is 2.99. The molecule has 0 spiro atoms. The minimum Gasteiger partial charge on any atom is -0.487 e. The van der Waals surface area contributed by atoms with E-state index in [-0.39, 0.29) is 17.0 Å². The lowest BCUT2D eigenvalue weighted by molar-refractivity contribution is -0.158. The van der Waals surface area contributed by atoms with Crippen LogP contribution in [-0.4, -0.2) is 70.7 Å². The maximum absolute atomic E-state index is 12.9. The van der Waals surface area contributed by atoms with Crippen molar-refractivity contribution in [2.24, 2.45) is 4.99 Å². The van der Waals surface area contributed by atoms with Crippen molar-refractivity contribution in [2.75, 3.05) is 19.1 Å². The molecule has 2 aliphatic rings. The highest BCUT2D eigenvalue weighted by molar-refractivity contribution is 8.01. The van der Waals surface area contributed by atoms with Gasteiger partial charge in [-0.2, -0.15) is 0 Å². The molecule has 0 saturated carbocycles. The Labute approximate surface area is 167 Å². The number of ether oxygens (including phenoxy) is 3. The number of carbonyl (C=O) groups is 3. The van der Waals surface area contributed by atoms with Crippen molar-refractivity contribution in [2.45, 2.75) is 50.1 Å². The topological polar surface area (TPSA) is 94.5 Å². The first-order chi connectivity index (χ1) is 12.6. The molecule has 0 aromatic carbocycles. The average molecular weight is 417 g/mol. The number of nitrogens with zero attached hydrogens (tertiary/aromatic N) is 2. The van der Waals surface area contributed by atoms with Crippen molar-refractivity contribution in [3.8, 4) is 0 Å². The third kappa shape index (κ3) is 4.78. The van der Waals surface area contributed by atoms with Crippen LogP contribution in [0.2, 0.25) is 0 Å². The van der Waals surface area contributed by atoms with E-state index in [1.165, 1.54) is 48.9 Å². The Morgan fingerprint density at radius 1 is 1.41 bits per heavy atom. The molecule has 0 radical (unpaired) electrons. The van der Waals surface area contributed by atoms with Crippen molar-refractivity contribution in [3.63, 3.8) is 0 Å². The van der Waals surface area contributed by atoms with E-state index in [4.69, 9.17) is 14.2 Å². The number of rotatable bonds is 6. The summed E-state index contributed by atoms with van der Waals surface area (Å²) in [4.78, 5) is 42.5. The molecule has 1 amide bonds. The van der Waals surface area contributed by atoms with Gasteiger partial charge >= 0.3 is 11.9 Å². The van der Waals surface area contributed by atoms with E-state index in [0.717, 1.165) is 0 Å². The first-order valence-corrected chi connectivity index (χ1v) is 10.6. The SMILES string of the molecule is COC=N[C@H]1C(=O)N2C(C(=O)OC(C)(C)C)=C(C(OC(C)=O)SC)CS[C@H]12. The lowest BCUT2D eigenvalue weighted by Gasteiger charge is -2.48. The van der Waals surface area contributed by atoms with E-state index in [1.807, 2.05) is 0 Å². The molecule has 0 aromatic rings. The monoisotopic (exact) mass is 416 g/mol. The number of carbonyl (C=O) groups excluding carboxylic acids is 3. The van der Waals surface area contributed by atoms with E-state index in [0.29, 0.717) is 11.3 Å². The van der Waals surface area contributed by atoms with Gasteiger partial charge in [0.05, 0.1) is 7.11 Å². The molecule has 0 N–H and O–H groups in total. The zero-order chi connectivity index (χ0) is 20.4. The minimum atomic E-state index is -0.729. The Bertz CT molecular complexity index is 685. The number of hydrogen-bond acceptors (Lipinski definition) is 9. The standard InChI is InChI=1S/C17H24N2O6S2/c1-9(20)24-16(26-6)10-7-27-14-11(18-8-23-5)13(21)19(14)12(10)15(22)25-17(2,3)4/h8,11,14,16H,7H2,1-6H3/t11-,14+,16?/m0/s1. The van der Waals surface area contributed by atoms with Crippen molar-refractivity contribution < 1.29 is 28.6 Å². The Balaban J connectivity index is 2.43. The molecule has 2 rings (SSSR count). The van der Waals surface area contributed by atoms with Crippen LogP contribution in [0.1, 0.15) is 27.7 Å². The minimum absolute atomic E-state index is 0.142. The van der Waals surface area contributed by atoms with Crippen molar-refractivity contribution in [1.82, 2.24) is 4.90 Å². The van der Waals surface area contributed by atoms with Gasteiger partial charge in [0, 0.05) is 18.2 Å². The number of methoxy groups -OCH3 is 1. The van der Waals surface area contributed by atoms with E-state index < -0.39 is 29.0 Å². The molecule has 0 aromatic heterocycles.